The zero-order valence-electron chi connectivity index (χ0n) is 12.8. The second-order valence-corrected chi connectivity index (χ2v) is 5.85. The van der Waals surface area contributed by atoms with Crippen molar-refractivity contribution in [2.24, 2.45) is 0 Å². The Labute approximate surface area is 129 Å². The molecule has 6 nitrogen and oxygen atoms in total. The second kappa shape index (κ2) is 6.79. The topological polar surface area (TPSA) is 84.9 Å². The summed E-state index contributed by atoms with van der Waals surface area (Å²) < 4.78 is 11.1. The van der Waals surface area contributed by atoms with Gasteiger partial charge in [-0.2, -0.15) is 0 Å². The summed E-state index contributed by atoms with van der Waals surface area (Å²) in [5.41, 5.74) is -0.926. The Morgan fingerprint density at radius 1 is 1.36 bits per heavy atom. The quantitative estimate of drug-likeness (QED) is 0.837. The number of ether oxygens (including phenoxy) is 2. The Kier molecular flexibility index (Phi) is 5.03. The van der Waals surface area contributed by atoms with E-state index in [1.165, 1.54) is 13.8 Å². The number of rotatable bonds is 6. The molecule has 0 bridgehead atoms. The van der Waals surface area contributed by atoms with Gasteiger partial charge in [-0.05, 0) is 51.0 Å². The van der Waals surface area contributed by atoms with Gasteiger partial charge in [0.2, 0.25) is 0 Å². The van der Waals surface area contributed by atoms with Gasteiger partial charge < -0.3 is 19.9 Å². The Bertz CT molecular complexity index is 532. The predicted octanol–water partition coefficient (Wildman–Crippen LogP) is 1.84. The van der Waals surface area contributed by atoms with E-state index in [0.717, 1.165) is 19.4 Å². The largest absolute Gasteiger partial charge is 0.491 e. The van der Waals surface area contributed by atoms with Gasteiger partial charge >= 0.3 is 5.97 Å². The van der Waals surface area contributed by atoms with Crippen LogP contribution in [0.1, 0.15) is 37.0 Å². The maximum atomic E-state index is 12.0. The number of hydrogen-bond acceptors (Lipinski definition) is 4. The molecule has 1 heterocycles. The molecule has 1 aromatic rings. The smallest absolute Gasteiger partial charge is 0.328 e. The van der Waals surface area contributed by atoms with Gasteiger partial charge in [-0.15, -0.1) is 0 Å². The number of nitrogens with one attached hydrogen (secondary N) is 1. The lowest BCUT2D eigenvalue weighted by Gasteiger charge is -2.21. The van der Waals surface area contributed by atoms with Gasteiger partial charge in [0.05, 0.1) is 6.10 Å². The van der Waals surface area contributed by atoms with Gasteiger partial charge in [-0.3, -0.25) is 4.79 Å². The van der Waals surface area contributed by atoms with Crippen molar-refractivity contribution in [2.75, 3.05) is 13.2 Å². The van der Waals surface area contributed by atoms with Crippen LogP contribution in [-0.4, -0.2) is 41.8 Å². The number of amides is 1. The molecular weight excluding hydrogens is 286 g/mol. The van der Waals surface area contributed by atoms with Crippen molar-refractivity contribution in [1.82, 2.24) is 5.32 Å². The van der Waals surface area contributed by atoms with E-state index in [2.05, 4.69) is 5.32 Å². The molecule has 22 heavy (non-hydrogen) atoms. The Morgan fingerprint density at radius 3 is 2.59 bits per heavy atom. The van der Waals surface area contributed by atoms with Crippen molar-refractivity contribution in [3.8, 4) is 5.75 Å². The average Bonchev–Trinajstić information content (AvgIpc) is 2.98. The van der Waals surface area contributed by atoms with Crippen molar-refractivity contribution >= 4 is 11.9 Å². The molecular formula is C16H21NO5. The molecule has 0 spiro atoms. The zero-order valence-corrected chi connectivity index (χ0v) is 12.8. The van der Waals surface area contributed by atoms with Gasteiger partial charge in [0.15, 0.2) is 0 Å². The minimum atomic E-state index is -1.31. The van der Waals surface area contributed by atoms with Crippen molar-refractivity contribution in [3.63, 3.8) is 0 Å². The van der Waals surface area contributed by atoms with Crippen LogP contribution >= 0.6 is 0 Å². The first-order valence-corrected chi connectivity index (χ1v) is 7.29. The van der Waals surface area contributed by atoms with Gasteiger partial charge in [0.25, 0.3) is 5.91 Å². The highest BCUT2D eigenvalue weighted by Gasteiger charge is 2.29. The van der Waals surface area contributed by atoms with Crippen molar-refractivity contribution in [3.05, 3.63) is 29.8 Å². The minimum absolute atomic E-state index is 0.138. The van der Waals surface area contributed by atoms with E-state index < -0.39 is 17.4 Å². The molecule has 0 aromatic heterocycles. The van der Waals surface area contributed by atoms with Gasteiger partial charge in [-0.1, -0.05) is 0 Å². The molecule has 0 saturated carbocycles. The number of carboxylic acids is 1. The minimum Gasteiger partial charge on any atom is -0.491 e. The number of carbonyl (C=O) groups excluding carboxylic acids is 1. The molecule has 1 amide bonds. The maximum Gasteiger partial charge on any atom is 0.328 e. The highest BCUT2D eigenvalue weighted by molar-refractivity contribution is 5.97. The Hall–Kier alpha value is -2.08. The summed E-state index contributed by atoms with van der Waals surface area (Å²) in [4.78, 5) is 23.0. The molecule has 2 N–H and O–H groups in total. The first-order valence-electron chi connectivity index (χ1n) is 7.29. The normalized spacial score (nSPS) is 18.0. The molecule has 1 aliphatic heterocycles. The molecule has 1 atom stereocenters. The van der Waals surface area contributed by atoms with Crippen LogP contribution in [0.2, 0.25) is 0 Å². The molecule has 1 saturated heterocycles. The summed E-state index contributed by atoms with van der Waals surface area (Å²) >= 11 is 0. The number of carboxylic acid groups (broad SMARTS) is 1. The summed E-state index contributed by atoms with van der Waals surface area (Å²) in [6.07, 6.45) is 2.21. The maximum absolute atomic E-state index is 12.0. The lowest BCUT2D eigenvalue weighted by Crippen LogP contribution is -2.49. The number of carbonyl (C=O) groups is 2. The second-order valence-electron chi connectivity index (χ2n) is 5.85. The van der Waals surface area contributed by atoms with Crippen LogP contribution < -0.4 is 10.1 Å². The van der Waals surface area contributed by atoms with E-state index in [1.807, 2.05) is 0 Å². The van der Waals surface area contributed by atoms with Crippen molar-refractivity contribution in [1.29, 1.82) is 0 Å². The van der Waals surface area contributed by atoms with Crippen molar-refractivity contribution in [2.45, 2.75) is 38.3 Å². The number of aliphatic carboxylic acids is 1. The number of hydrogen-bond donors (Lipinski definition) is 2. The molecule has 1 aliphatic rings. The fourth-order valence-electron chi connectivity index (χ4n) is 2.08. The monoisotopic (exact) mass is 307 g/mol. The van der Waals surface area contributed by atoms with Gasteiger partial charge in [-0.25, -0.2) is 4.79 Å². The number of benzene rings is 1. The van der Waals surface area contributed by atoms with E-state index in [0.29, 0.717) is 17.9 Å². The van der Waals surface area contributed by atoms with Crippen LogP contribution in [0.5, 0.6) is 5.75 Å². The first-order chi connectivity index (χ1) is 10.4. The van der Waals surface area contributed by atoms with Crippen molar-refractivity contribution < 1.29 is 24.2 Å². The molecule has 1 aromatic carbocycles. The SMILES string of the molecule is CC(C)(NC(=O)c1ccc(OCC2CCCO2)cc1)C(=O)O. The summed E-state index contributed by atoms with van der Waals surface area (Å²) in [5.74, 6) is -0.861. The standard InChI is InChI=1S/C16H21NO5/c1-16(2,15(19)20)17-14(18)11-5-7-12(8-6-11)22-10-13-4-3-9-21-13/h5-8,13H,3-4,9-10H2,1-2H3,(H,17,18)(H,19,20). The fourth-order valence-corrected chi connectivity index (χ4v) is 2.08. The van der Waals surface area contributed by atoms with E-state index in [-0.39, 0.29) is 6.10 Å². The summed E-state index contributed by atoms with van der Waals surface area (Å²) in [6, 6.07) is 6.60. The Balaban J connectivity index is 1.90. The van der Waals surface area contributed by atoms with Crippen LogP contribution in [0.3, 0.4) is 0 Å². The third-order valence-corrected chi connectivity index (χ3v) is 3.54. The highest BCUT2D eigenvalue weighted by atomic mass is 16.5. The van der Waals surface area contributed by atoms with E-state index >= 15 is 0 Å². The summed E-state index contributed by atoms with van der Waals surface area (Å²) in [5, 5.41) is 11.5. The zero-order chi connectivity index (χ0) is 16.2. The predicted molar refractivity (Wildman–Crippen MR) is 80.1 cm³/mol. The molecule has 0 radical (unpaired) electrons. The van der Waals surface area contributed by atoms with Crippen LogP contribution in [0.25, 0.3) is 0 Å². The van der Waals surface area contributed by atoms with Crippen LogP contribution in [0.15, 0.2) is 24.3 Å². The molecule has 6 heteroatoms. The molecule has 0 aliphatic carbocycles. The van der Waals surface area contributed by atoms with Crippen LogP contribution in [0, 0.1) is 0 Å². The Morgan fingerprint density at radius 2 is 2.05 bits per heavy atom. The third-order valence-electron chi connectivity index (χ3n) is 3.54. The van der Waals surface area contributed by atoms with Gasteiger partial charge in [0.1, 0.15) is 17.9 Å². The third kappa shape index (κ3) is 4.21. The fraction of sp³-hybridized carbons (Fsp3) is 0.500. The highest BCUT2D eigenvalue weighted by Crippen LogP contribution is 2.17. The molecule has 1 unspecified atom stereocenters. The average molecular weight is 307 g/mol. The molecule has 120 valence electrons. The summed E-state index contributed by atoms with van der Waals surface area (Å²) in [7, 11) is 0. The lowest BCUT2D eigenvalue weighted by molar-refractivity contribution is -0.143. The molecule has 2 rings (SSSR count). The van der Waals surface area contributed by atoms with E-state index in [1.54, 1.807) is 24.3 Å². The summed E-state index contributed by atoms with van der Waals surface area (Å²) in [6.45, 7) is 4.16. The van der Waals surface area contributed by atoms with Gasteiger partial charge in [0, 0.05) is 12.2 Å². The lowest BCUT2D eigenvalue weighted by atomic mass is 10.1. The van der Waals surface area contributed by atoms with E-state index in [9.17, 15) is 9.59 Å². The van der Waals surface area contributed by atoms with E-state index in [4.69, 9.17) is 14.6 Å². The first kappa shape index (κ1) is 16.3. The van der Waals surface area contributed by atoms with Crippen LogP contribution in [-0.2, 0) is 9.53 Å². The molecule has 1 fully saturated rings. The van der Waals surface area contributed by atoms with Crippen LogP contribution in [0.4, 0.5) is 0 Å².